The molecule has 2 unspecified atom stereocenters. The summed E-state index contributed by atoms with van der Waals surface area (Å²) in [6, 6.07) is 21.2. The summed E-state index contributed by atoms with van der Waals surface area (Å²) in [5.74, 6) is -1.30. The Morgan fingerprint density at radius 3 is 2.31 bits per heavy atom. The van der Waals surface area contributed by atoms with E-state index >= 15 is 0 Å². The Bertz CT molecular complexity index is 1340. The highest BCUT2D eigenvalue weighted by Gasteiger charge is 2.35. The molecule has 8 heteroatoms. The number of hydrogen-bond acceptors (Lipinski definition) is 3. The van der Waals surface area contributed by atoms with E-state index in [1.165, 1.54) is 42.1 Å². The average Bonchev–Trinajstić information content (AvgIpc) is 3.46. The highest BCUT2D eigenvalue weighted by molar-refractivity contribution is 6.42. The highest BCUT2D eigenvalue weighted by Crippen LogP contribution is 2.31. The Morgan fingerprint density at radius 1 is 0.897 bits per heavy atom. The number of carbonyl (C=O) groups excluding carboxylic acids is 2. The summed E-state index contributed by atoms with van der Waals surface area (Å²) in [5, 5.41) is 0.587. The fourth-order valence-electron chi connectivity index (χ4n) is 5.57. The van der Waals surface area contributed by atoms with Crippen LogP contribution in [0.4, 0.5) is 4.39 Å². The zero-order valence-corrected chi connectivity index (χ0v) is 23.0. The van der Waals surface area contributed by atoms with Gasteiger partial charge < -0.3 is 4.90 Å². The van der Waals surface area contributed by atoms with Gasteiger partial charge in [-0.15, -0.1) is 0 Å². The van der Waals surface area contributed by atoms with Gasteiger partial charge in [-0.2, -0.15) is 0 Å². The van der Waals surface area contributed by atoms with Gasteiger partial charge in [0.1, 0.15) is 5.82 Å². The molecule has 0 saturated carbocycles. The van der Waals surface area contributed by atoms with Crippen LogP contribution in [0.5, 0.6) is 0 Å². The molecule has 5 nitrogen and oxygen atoms in total. The third-order valence-corrected chi connectivity index (χ3v) is 8.53. The van der Waals surface area contributed by atoms with Crippen LogP contribution in [0.2, 0.25) is 10.0 Å². The van der Waals surface area contributed by atoms with Crippen molar-refractivity contribution < 1.29 is 14.0 Å². The monoisotopic (exact) mass is 565 g/mol. The SMILES string of the molecule is O=C(N=CC(C(=O)N1CCC(N2CCC(c3ccccc3)CC2)C1)c1ccc(F)cc1)c1ccc(Cl)c(Cl)c1. The second kappa shape index (κ2) is 12.4. The molecule has 2 aliphatic heterocycles. The third-order valence-electron chi connectivity index (χ3n) is 7.79. The lowest BCUT2D eigenvalue weighted by molar-refractivity contribution is -0.130. The summed E-state index contributed by atoms with van der Waals surface area (Å²) in [7, 11) is 0. The molecule has 0 bridgehead atoms. The van der Waals surface area contributed by atoms with Crippen LogP contribution in [0, 0.1) is 5.82 Å². The number of carbonyl (C=O) groups is 2. The molecule has 2 heterocycles. The van der Waals surface area contributed by atoms with Gasteiger partial charge in [0, 0.05) is 30.9 Å². The van der Waals surface area contributed by atoms with Gasteiger partial charge in [-0.25, -0.2) is 9.38 Å². The van der Waals surface area contributed by atoms with Gasteiger partial charge >= 0.3 is 0 Å². The molecule has 2 amide bonds. The highest BCUT2D eigenvalue weighted by atomic mass is 35.5. The molecule has 39 heavy (non-hydrogen) atoms. The van der Waals surface area contributed by atoms with Crippen molar-refractivity contribution in [2.24, 2.45) is 4.99 Å². The molecular formula is C31H30Cl2FN3O2. The van der Waals surface area contributed by atoms with Crippen molar-refractivity contribution >= 4 is 41.2 Å². The predicted molar refractivity (Wildman–Crippen MR) is 153 cm³/mol. The van der Waals surface area contributed by atoms with Crippen LogP contribution in [0.1, 0.15) is 52.6 Å². The van der Waals surface area contributed by atoms with Crippen LogP contribution in [0.25, 0.3) is 0 Å². The van der Waals surface area contributed by atoms with Crippen molar-refractivity contribution in [2.75, 3.05) is 26.2 Å². The van der Waals surface area contributed by atoms with E-state index < -0.39 is 17.6 Å². The summed E-state index contributed by atoms with van der Waals surface area (Å²) < 4.78 is 13.6. The van der Waals surface area contributed by atoms with Crippen molar-refractivity contribution in [3.05, 3.63) is 105 Å². The second-order valence-corrected chi connectivity index (χ2v) is 11.0. The van der Waals surface area contributed by atoms with Crippen molar-refractivity contribution in [1.29, 1.82) is 0 Å². The molecule has 202 valence electrons. The number of benzene rings is 3. The van der Waals surface area contributed by atoms with Crippen LogP contribution in [-0.4, -0.2) is 60.0 Å². The maximum Gasteiger partial charge on any atom is 0.276 e. The lowest BCUT2D eigenvalue weighted by atomic mass is 9.89. The third kappa shape index (κ3) is 6.57. The van der Waals surface area contributed by atoms with Crippen LogP contribution >= 0.6 is 23.2 Å². The van der Waals surface area contributed by atoms with Crippen molar-refractivity contribution in [3.63, 3.8) is 0 Å². The molecule has 0 aliphatic carbocycles. The molecule has 3 aromatic rings. The quantitative estimate of drug-likeness (QED) is 0.316. The van der Waals surface area contributed by atoms with Gasteiger partial charge in [-0.3, -0.25) is 14.5 Å². The molecule has 0 aromatic heterocycles. The van der Waals surface area contributed by atoms with E-state index in [0.717, 1.165) is 32.4 Å². The Labute approximate surface area is 238 Å². The van der Waals surface area contributed by atoms with E-state index in [1.54, 1.807) is 12.1 Å². The first-order valence-corrected chi connectivity index (χ1v) is 14.0. The number of likely N-dealkylation sites (tertiary alicyclic amines) is 2. The molecule has 3 aromatic carbocycles. The van der Waals surface area contributed by atoms with E-state index in [0.29, 0.717) is 35.6 Å². The van der Waals surface area contributed by atoms with Gasteiger partial charge in [0.05, 0.1) is 16.0 Å². The normalized spacial score (nSPS) is 19.5. The molecule has 0 N–H and O–H groups in total. The maximum atomic E-state index is 13.7. The Balaban J connectivity index is 1.26. The van der Waals surface area contributed by atoms with Crippen LogP contribution in [0.3, 0.4) is 0 Å². The zero-order valence-electron chi connectivity index (χ0n) is 21.5. The van der Waals surface area contributed by atoms with Gasteiger partial charge in [-0.1, -0.05) is 65.7 Å². The van der Waals surface area contributed by atoms with Crippen molar-refractivity contribution in [2.45, 2.75) is 37.1 Å². The first-order chi connectivity index (χ1) is 18.9. The number of hydrogen-bond donors (Lipinski definition) is 0. The Morgan fingerprint density at radius 2 is 1.62 bits per heavy atom. The molecule has 0 radical (unpaired) electrons. The van der Waals surface area contributed by atoms with Gasteiger partial charge in [-0.05, 0) is 79.7 Å². The maximum absolute atomic E-state index is 13.7. The second-order valence-electron chi connectivity index (χ2n) is 10.2. The minimum absolute atomic E-state index is 0.144. The molecule has 5 rings (SSSR count). The summed E-state index contributed by atoms with van der Waals surface area (Å²) in [5.41, 5.74) is 2.25. The van der Waals surface area contributed by atoms with Crippen LogP contribution in [0.15, 0.2) is 77.8 Å². The fourth-order valence-corrected chi connectivity index (χ4v) is 5.87. The van der Waals surface area contributed by atoms with E-state index in [2.05, 4.69) is 40.2 Å². The van der Waals surface area contributed by atoms with E-state index in [4.69, 9.17) is 23.2 Å². The summed E-state index contributed by atoms with van der Waals surface area (Å²) in [6.45, 7) is 3.27. The lowest BCUT2D eigenvalue weighted by Crippen LogP contribution is -2.43. The number of rotatable bonds is 6. The predicted octanol–water partition coefficient (Wildman–Crippen LogP) is 6.61. The first kappa shape index (κ1) is 27.5. The summed E-state index contributed by atoms with van der Waals surface area (Å²) in [6.07, 6.45) is 4.47. The van der Waals surface area contributed by atoms with Crippen LogP contribution < -0.4 is 0 Å². The number of amides is 2. The van der Waals surface area contributed by atoms with Gasteiger partial charge in [0.15, 0.2) is 0 Å². The Kier molecular flexibility index (Phi) is 8.75. The number of piperidine rings is 1. The number of nitrogens with zero attached hydrogens (tertiary/aromatic N) is 3. The van der Waals surface area contributed by atoms with Gasteiger partial charge in [0.25, 0.3) is 5.91 Å². The van der Waals surface area contributed by atoms with Crippen molar-refractivity contribution in [3.8, 4) is 0 Å². The molecule has 2 saturated heterocycles. The Hall–Kier alpha value is -3.06. The first-order valence-electron chi connectivity index (χ1n) is 13.3. The van der Waals surface area contributed by atoms with E-state index in [9.17, 15) is 14.0 Å². The fraction of sp³-hybridized carbons (Fsp3) is 0.323. The smallest absolute Gasteiger partial charge is 0.276 e. The largest absolute Gasteiger partial charge is 0.340 e. The van der Waals surface area contributed by atoms with E-state index in [1.807, 2.05) is 4.90 Å². The topological polar surface area (TPSA) is 53.0 Å². The summed E-state index contributed by atoms with van der Waals surface area (Å²) in [4.78, 5) is 34.9. The molecular weight excluding hydrogens is 536 g/mol. The average molecular weight is 567 g/mol. The summed E-state index contributed by atoms with van der Waals surface area (Å²) >= 11 is 12.0. The molecule has 0 spiro atoms. The minimum Gasteiger partial charge on any atom is -0.340 e. The lowest BCUT2D eigenvalue weighted by Gasteiger charge is -2.36. The zero-order chi connectivity index (χ0) is 27.4. The van der Waals surface area contributed by atoms with E-state index in [-0.39, 0.29) is 16.5 Å². The minimum atomic E-state index is -0.806. The van der Waals surface area contributed by atoms with Crippen LogP contribution in [-0.2, 0) is 4.79 Å². The molecule has 2 aliphatic rings. The number of aliphatic imine (C=N–C) groups is 1. The number of halogens is 3. The standard InChI is InChI=1S/C31H30Cl2FN3O2/c32-28-11-8-24(18-29(28)33)30(38)35-19-27(23-6-9-25(34)10-7-23)31(39)37-17-14-26(20-37)36-15-12-22(13-16-36)21-4-2-1-3-5-21/h1-11,18-19,22,26-27H,12-17,20H2. The molecule has 2 fully saturated rings. The van der Waals surface area contributed by atoms with Crippen molar-refractivity contribution in [1.82, 2.24) is 9.80 Å². The molecule has 2 atom stereocenters. The van der Waals surface area contributed by atoms with Gasteiger partial charge in [0.2, 0.25) is 5.91 Å².